The van der Waals surface area contributed by atoms with Crippen LogP contribution in [0.15, 0.2) is 30.5 Å². The fourth-order valence-corrected chi connectivity index (χ4v) is 4.32. The van der Waals surface area contributed by atoms with Gasteiger partial charge in [0, 0.05) is 31.4 Å². The first kappa shape index (κ1) is 22.3. The lowest BCUT2D eigenvalue weighted by Crippen LogP contribution is -2.64. The van der Waals surface area contributed by atoms with Gasteiger partial charge >= 0.3 is 12.2 Å². The molecule has 4 heterocycles. The molecule has 13 heteroatoms. The molecule has 2 bridgehead atoms. The molecule has 2 amide bonds. The highest BCUT2D eigenvalue weighted by Gasteiger charge is 2.37. The molecule has 2 aromatic heterocycles. The number of benzene rings is 1. The highest BCUT2D eigenvalue weighted by molar-refractivity contribution is 5.90. The lowest BCUT2D eigenvalue weighted by atomic mass is 10.1. The van der Waals surface area contributed by atoms with Crippen molar-refractivity contribution in [2.45, 2.75) is 24.8 Å². The number of urea groups is 1. The smallest absolute Gasteiger partial charge is 0.377 e. The van der Waals surface area contributed by atoms with E-state index in [1.54, 1.807) is 24.3 Å². The van der Waals surface area contributed by atoms with E-state index in [9.17, 15) is 18.0 Å². The molecule has 0 aliphatic carbocycles. The zero-order valence-corrected chi connectivity index (χ0v) is 18.3. The minimum absolute atomic E-state index is 0.0106. The molecule has 5 rings (SSSR count). The zero-order valence-electron chi connectivity index (χ0n) is 18.3. The molecule has 2 aliphatic rings. The molecule has 3 N–H and O–H groups in total. The number of ether oxygens (including phenoxy) is 1. The van der Waals surface area contributed by atoms with Crippen molar-refractivity contribution >= 4 is 28.6 Å². The van der Waals surface area contributed by atoms with Crippen LogP contribution in [0.1, 0.15) is 0 Å². The van der Waals surface area contributed by atoms with Crippen LogP contribution in [0.4, 0.5) is 29.5 Å². The van der Waals surface area contributed by atoms with E-state index in [0.29, 0.717) is 48.8 Å². The van der Waals surface area contributed by atoms with Gasteiger partial charge in [0.25, 0.3) is 0 Å². The van der Waals surface area contributed by atoms with Crippen molar-refractivity contribution in [1.82, 2.24) is 30.4 Å². The average molecular weight is 476 g/mol. The summed E-state index contributed by atoms with van der Waals surface area (Å²) in [7, 11) is 1.51. The normalized spacial score (nSPS) is 20.4. The van der Waals surface area contributed by atoms with Crippen LogP contribution in [0.25, 0.3) is 22.4 Å². The predicted octanol–water partition coefficient (Wildman–Crippen LogP) is 1.98. The van der Waals surface area contributed by atoms with E-state index in [0.717, 1.165) is 4.68 Å². The third-order valence-corrected chi connectivity index (χ3v) is 5.84. The summed E-state index contributed by atoms with van der Waals surface area (Å²) >= 11 is 0. The van der Waals surface area contributed by atoms with Gasteiger partial charge in [-0.25, -0.2) is 19.4 Å². The minimum atomic E-state index is -4.45. The number of rotatable bonds is 4. The van der Waals surface area contributed by atoms with Gasteiger partial charge in [0.2, 0.25) is 0 Å². The summed E-state index contributed by atoms with van der Waals surface area (Å²) in [4.78, 5) is 22.9. The topological polar surface area (TPSA) is 109 Å². The van der Waals surface area contributed by atoms with E-state index in [1.165, 1.54) is 13.2 Å². The Kier molecular flexibility index (Phi) is 5.73. The number of aromatic nitrogens is 4. The Morgan fingerprint density at radius 3 is 2.53 bits per heavy atom. The number of hydrogen-bond acceptors (Lipinski definition) is 7. The number of amides is 2. The summed E-state index contributed by atoms with van der Waals surface area (Å²) in [5.41, 5.74) is 1.27. The van der Waals surface area contributed by atoms with Crippen molar-refractivity contribution in [2.75, 3.05) is 43.6 Å². The first-order valence-electron chi connectivity index (χ1n) is 10.8. The number of fused-ring (bicyclic) bond motifs is 3. The number of piperazine rings is 1. The molecule has 10 nitrogen and oxygen atoms in total. The third-order valence-electron chi connectivity index (χ3n) is 5.84. The number of alkyl halides is 3. The van der Waals surface area contributed by atoms with Gasteiger partial charge in [-0.3, -0.25) is 0 Å². The van der Waals surface area contributed by atoms with Gasteiger partial charge < -0.3 is 25.6 Å². The molecule has 34 heavy (non-hydrogen) atoms. The van der Waals surface area contributed by atoms with E-state index in [4.69, 9.17) is 9.72 Å². The maximum absolute atomic E-state index is 13.2. The van der Waals surface area contributed by atoms with Crippen LogP contribution in [0.2, 0.25) is 0 Å². The molecular formula is C21H23F3N8O2. The molecule has 0 radical (unpaired) electrons. The van der Waals surface area contributed by atoms with E-state index >= 15 is 0 Å². The molecule has 2 saturated heterocycles. The maximum atomic E-state index is 13.2. The van der Waals surface area contributed by atoms with Gasteiger partial charge in [-0.15, -0.1) is 0 Å². The summed E-state index contributed by atoms with van der Waals surface area (Å²) in [6, 6.07) is 6.39. The maximum Gasteiger partial charge on any atom is 0.408 e. The van der Waals surface area contributed by atoms with Gasteiger partial charge in [-0.05, 0) is 24.3 Å². The van der Waals surface area contributed by atoms with E-state index in [2.05, 4.69) is 30.9 Å². The van der Waals surface area contributed by atoms with Gasteiger partial charge in [-0.2, -0.15) is 18.3 Å². The van der Waals surface area contributed by atoms with Gasteiger partial charge in [-0.1, -0.05) is 0 Å². The van der Waals surface area contributed by atoms with Gasteiger partial charge in [0.1, 0.15) is 12.4 Å². The van der Waals surface area contributed by atoms with Crippen LogP contribution < -0.4 is 20.9 Å². The zero-order chi connectivity index (χ0) is 23.9. The summed E-state index contributed by atoms with van der Waals surface area (Å²) in [6.45, 7) is 1.07. The number of nitrogens with one attached hydrogen (secondary N) is 3. The Morgan fingerprint density at radius 2 is 1.88 bits per heavy atom. The second-order valence-corrected chi connectivity index (χ2v) is 8.22. The number of nitrogens with zero attached hydrogens (tertiary/aromatic N) is 5. The first-order valence-corrected chi connectivity index (χ1v) is 10.8. The molecule has 180 valence electrons. The Balaban J connectivity index is 1.60. The fourth-order valence-electron chi connectivity index (χ4n) is 4.32. The number of morpholine rings is 1. The summed E-state index contributed by atoms with van der Waals surface area (Å²) in [6.07, 6.45) is -3.05. The first-order chi connectivity index (χ1) is 16.3. The van der Waals surface area contributed by atoms with Crippen LogP contribution >= 0.6 is 0 Å². The third kappa shape index (κ3) is 4.35. The molecule has 2 aliphatic heterocycles. The lowest BCUT2D eigenvalue weighted by Gasteiger charge is -2.46. The Hall–Kier alpha value is -3.45. The highest BCUT2D eigenvalue weighted by Crippen LogP contribution is 2.33. The highest BCUT2D eigenvalue weighted by atomic mass is 19.4. The van der Waals surface area contributed by atoms with Crippen LogP contribution in [0.5, 0.6) is 0 Å². The average Bonchev–Trinajstić information content (AvgIpc) is 3.19. The lowest BCUT2D eigenvalue weighted by molar-refractivity contribution is -0.141. The summed E-state index contributed by atoms with van der Waals surface area (Å²) in [5, 5.41) is 12.9. The van der Waals surface area contributed by atoms with Crippen molar-refractivity contribution < 1.29 is 22.7 Å². The van der Waals surface area contributed by atoms with E-state index in [-0.39, 0.29) is 29.6 Å². The van der Waals surface area contributed by atoms with E-state index < -0.39 is 12.7 Å². The van der Waals surface area contributed by atoms with Crippen LogP contribution in [-0.2, 0) is 11.3 Å². The van der Waals surface area contributed by atoms with Crippen molar-refractivity contribution in [1.29, 1.82) is 0 Å². The van der Waals surface area contributed by atoms with Crippen molar-refractivity contribution in [3.05, 3.63) is 30.5 Å². The van der Waals surface area contributed by atoms with Crippen LogP contribution in [0.3, 0.4) is 0 Å². The molecule has 0 spiro atoms. The standard InChI is InChI=1S/C21H23F3N8O2/c1-25-20(33)28-13-4-2-12(3-5-13)17-29-18-16(8-27-31(18)11-21(22,23)24)19(30-17)32-14-6-26-7-15(32)10-34-9-14/h2-5,8,14-15,26H,6-7,9-11H2,1H3,(H2,25,28,33). The molecule has 1 aromatic carbocycles. The molecule has 0 saturated carbocycles. The minimum Gasteiger partial charge on any atom is -0.377 e. The second kappa shape index (κ2) is 8.72. The van der Waals surface area contributed by atoms with Crippen molar-refractivity contribution in [3.8, 4) is 11.4 Å². The monoisotopic (exact) mass is 476 g/mol. The van der Waals surface area contributed by atoms with Crippen LogP contribution in [-0.4, -0.2) is 77.4 Å². The molecule has 2 atom stereocenters. The summed E-state index contributed by atoms with van der Waals surface area (Å²) in [5.74, 6) is 0.816. The second-order valence-electron chi connectivity index (χ2n) is 8.22. The largest absolute Gasteiger partial charge is 0.408 e. The molecule has 2 unspecified atom stereocenters. The SMILES string of the molecule is CNC(=O)Nc1ccc(-c2nc(N3C4CNCC3COC4)c3cnn(CC(F)(F)F)c3n2)cc1. The van der Waals surface area contributed by atoms with Gasteiger partial charge in [0.05, 0.1) is 36.9 Å². The number of carbonyl (C=O) groups is 1. The van der Waals surface area contributed by atoms with Crippen molar-refractivity contribution in [2.24, 2.45) is 0 Å². The Bertz CT molecular complexity index is 1180. The molecular weight excluding hydrogens is 453 g/mol. The number of carbonyl (C=O) groups excluding carboxylic acids is 1. The predicted molar refractivity (Wildman–Crippen MR) is 119 cm³/mol. The van der Waals surface area contributed by atoms with Gasteiger partial charge in [0.15, 0.2) is 11.5 Å². The number of anilines is 2. The number of hydrogen-bond donors (Lipinski definition) is 3. The molecule has 3 aromatic rings. The van der Waals surface area contributed by atoms with Crippen molar-refractivity contribution in [3.63, 3.8) is 0 Å². The van der Waals surface area contributed by atoms with E-state index in [1.807, 2.05) is 0 Å². The quantitative estimate of drug-likeness (QED) is 0.528. The fraction of sp³-hybridized carbons (Fsp3) is 0.429. The Morgan fingerprint density at radius 1 is 1.18 bits per heavy atom. The Labute approximate surface area is 192 Å². The number of halogens is 3. The van der Waals surface area contributed by atoms with Crippen LogP contribution in [0, 0.1) is 0 Å². The summed E-state index contributed by atoms with van der Waals surface area (Å²) < 4.78 is 46.2. The molecule has 2 fully saturated rings.